The third-order valence-electron chi connectivity index (χ3n) is 3.38. The van der Waals surface area contributed by atoms with Crippen LogP contribution in [0.5, 0.6) is 0 Å². The van der Waals surface area contributed by atoms with Gasteiger partial charge in [-0.15, -0.1) is 0 Å². The lowest BCUT2D eigenvalue weighted by Crippen LogP contribution is -2.27. The van der Waals surface area contributed by atoms with Crippen molar-refractivity contribution < 1.29 is 8.42 Å². The van der Waals surface area contributed by atoms with E-state index in [-0.39, 0.29) is 16.5 Å². The van der Waals surface area contributed by atoms with Crippen LogP contribution in [0.4, 0.5) is 0 Å². The molecule has 1 aromatic carbocycles. The van der Waals surface area contributed by atoms with Gasteiger partial charge in [0.1, 0.15) is 10.6 Å². The number of pyridine rings is 1. The molecule has 0 aliphatic heterocycles. The molecule has 2 aromatic heterocycles. The molecule has 0 spiro atoms. The number of sulfonamides is 1. The largest absolute Gasteiger partial charge is 0.271 e. The van der Waals surface area contributed by atoms with E-state index in [9.17, 15) is 8.42 Å². The van der Waals surface area contributed by atoms with Gasteiger partial charge < -0.3 is 0 Å². The first-order valence-electron chi connectivity index (χ1n) is 7.35. The second-order valence-electron chi connectivity index (χ2n) is 5.15. The van der Waals surface area contributed by atoms with Crippen LogP contribution in [0.25, 0.3) is 11.4 Å². The van der Waals surface area contributed by atoms with Crippen LogP contribution in [0.1, 0.15) is 0 Å². The van der Waals surface area contributed by atoms with Crippen molar-refractivity contribution in [1.29, 1.82) is 0 Å². The number of hydrogen-bond acceptors (Lipinski definition) is 4. The number of benzene rings is 1. The normalized spacial score (nSPS) is 11.6. The average molecular weight is 397 g/mol. The lowest BCUT2D eigenvalue weighted by atomic mass is 10.3. The topological polar surface area (TPSA) is 76.9 Å². The van der Waals surface area contributed by atoms with Crippen LogP contribution >= 0.6 is 23.2 Å². The minimum atomic E-state index is -3.75. The van der Waals surface area contributed by atoms with Gasteiger partial charge in [0.25, 0.3) is 0 Å². The molecule has 9 heteroatoms. The minimum absolute atomic E-state index is 0.0451. The summed E-state index contributed by atoms with van der Waals surface area (Å²) in [5, 5.41) is 4.80. The van der Waals surface area contributed by atoms with Gasteiger partial charge >= 0.3 is 0 Å². The molecular formula is C16H14Cl2N4O2S. The molecular weight excluding hydrogens is 383 g/mol. The molecule has 0 atom stereocenters. The van der Waals surface area contributed by atoms with Gasteiger partial charge in [-0.25, -0.2) is 13.1 Å². The number of halogens is 2. The lowest BCUT2D eigenvalue weighted by Gasteiger charge is -2.09. The molecule has 1 N–H and O–H groups in total. The SMILES string of the molecule is O=S(=O)(NCCn1ccc(-c2ccccn2)n1)c1cc(Cl)ccc1Cl. The number of rotatable bonds is 6. The molecule has 2 heterocycles. The molecule has 130 valence electrons. The van der Waals surface area contributed by atoms with Crippen molar-refractivity contribution in [3.8, 4) is 11.4 Å². The van der Waals surface area contributed by atoms with Crippen molar-refractivity contribution in [2.75, 3.05) is 6.54 Å². The van der Waals surface area contributed by atoms with E-state index >= 15 is 0 Å². The zero-order valence-electron chi connectivity index (χ0n) is 12.9. The molecule has 0 amide bonds. The third-order valence-corrected chi connectivity index (χ3v) is 5.56. The first kappa shape index (κ1) is 17.9. The standard InChI is InChI=1S/C16H14Cl2N4O2S/c17-12-4-5-13(18)16(11-12)25(23,24)20-8-10-22-9-6-15(21-22)14-3-1-2-7-19-14/h1-7,9,11,20H,8,10H2. The Balaban J connectivity index is 1.65. The molecule has 0 unspecified atom stereocenters. The Labute approximate surface area is 155 Å². The van der Waals surface area contributed by atoms with Gasteiger partial charge in [0.05, 0.1) is 17.3 Å². The molecule has 0 radical (unpaired) electrons. The first-order chi connectivity index (χ1) is 12.0. The van der Waals surface area contributed by atoms with E-state index in [1.54, 1.807) is 17.1 Å². The number of nitrogens with one attached hydrogen (secondary N) is 1. The molecule has 3 rings (SSSR count). The van der Waals surface area contributed by atoms with Gasteiger partial charge in [-0.1, -0.05) is 29.3 Å². The van der Waals surface area contributed by atoms with Crippen molar-refractivity contribution in [2.24, 2.45) is 0 Å². The minimum Gasteiger partial charge on any atom is -0.271 e. The van der Waals surface area contributed by atoms with Crippen LogP contribution in [-0.2, 0) is 16.6 Å². The first-order valence-corrected chi connectivity index (χ1v) is 9.59. The second-order valence-corrected chi connectivity index (χ2v) is 7.73. The summed E-state index contributed by atoms with van der Waals surface area (Å²) in [6.45, 7) is 0.527. The van der Waals surface area contributed by atoms with Gasteiger partial charge in [0, 0.05) is 24.0 Å². The van der Waals surface area contributed by atoms with Crippen molar-refractivity contribution in [2.45, 2.75) is 11.4 Å². The van der Waals surface area contributed by atoms with Gasteiger partial charge in [-0.3, -0.25) is 9.67 Å². The molecule has 0 aliphatic rings. The van der Waals surface area contributed by atoms with Crippen LogP contribution in [0.2, 0.25) is 10.0 Å². The quantitative estimate of drug-likeness (QED) is 0.693. The van der Waals surface area contributed by atoms with Gasteiger partial charge in [-0.05, 0) is 36.4 Å². The molecule has 0 bridgehead atoms. The molecule has 6 nitrogen and oxygen atoms in total. The molecule has 0 saturated carbocycles. The maximum atomic E-state index is 12.3. The highest BCUT2D eigenvalue weighted by Gasteiger charge is 2.18. The summed E-state index contributed by atoms with van der Waals surface area (Å²) in [4.78, 5) is 4.18. The molecule has 0 aliphatic carbocycles. The highest BCUT2D eigenvalue weighted by molar-refractivity contribution is 7.89. The van der Waals surface area contributed by atoms with E-state index in [1.807, 2.05) is 24.3 Å². The highest BCUT2D eigenvalue weighted by Crippen LogP contribution is 2.24. The summed E-state index contributed by atoms with van der Waals surface area (Å²) in [5.41, 5.74) is 1.48. The van der Waals surface area contributed by atoms with E-state index in [0.29, 0.717) is 11.6 Å². The van der Waals surface area contributed by atoms with Crippen molar-refractivity contribution >= 4 is 33.2 Å². The van der Waals surface area contributed by atoms with Crippen LogP contribution in [0.3, 0.4) is 0 Å². The summed E-state index contributed by atoms with van der Waals surface area (Å²) in [7, 11) is -3.75. The molecule has 0 saturated heterocycles. The Hall–Kier alpha value is -1.93. The number of nitrogens with zero attached hydrogens (tertiary/aromatic N) is 3. The Morgan fingerprint density at radius 3 is 2.68 bits per heavy atom. The maximum Gasteiger partial charge on any atom is 0.242 e. The Kier molecular flexibility index (Phi) is 5.39. The third kappa shape index (κ3) is 4.38. The molecule has 0 fully saturated rings. The fraction of sp³-hybridized carbons (Fsp3) is 0.125. The summed E-state index contributed by atoms with van der Waals surface area (Å²) >= 11 is 11.8. The summed E-state index contributed by atoms with van der Waals surface area (Å²) < 4.78 is 28.8. The van der Waals surface area contributed by atoms with E-state index in [4.69, 9.17) is 23.2 Å². The summed E-state index contributed by atoms with van der Waals surface area (Å²) in [6.07, 6.45) is 3.46. The van der Waals surface area contributed by atoms with E-state index in [2.05, 4.69) is 14.8 Å². The Morgan fingerprint density at radius 2 is 1.92 bits per heavy atom. The zero-order chi connectivity index (χ0) is 17.9. The van der Waals surface area contributed by atoms with E-state index in [0.717, 1.165) is 11.4 Å². The smallest absolute Gasteiger partial charge is 0.242 e. The average Bonchev–Trinajstić information content (AvgIpc) is 3.06. The van der Waals surface area contributed by atoms with Crippen molar-refractivity contribution in [3.63, 3.8) is 0 Å². The lowest BCUT2D eigenvalue weighted by molar-refractivity contribution is 0.561. The van der Waals surface area contributed by atoms with Crippen molar-refractivity contribution in [1.82, 2.24) is 19.5 Å². The van der Waals surface area contributed by atoms with Crippen LogP contribution in [-0.4, -0.2) is 29.7 Å². The Bertz CT molecular complexity index is 975. The highest BCUT2D eigenvalue weighted by atomic mass is 35.5. The van der Waals surface area contributed by atoms with E-state index in [1.165, 1.54) is 18.2 Å². The van der Waals surface area contributed by atoms with Gasteiger partial charge in [0.2, 0.25) is 10.0 Å². The van der Waals surface area contributed by atoms with Crippen LogP contribution in [0, 0.1) is 0 Å². The predicted molar refractivity (Wildman–Crippen MR) is 97.1 cm³/mol. The Morgan fingerprint density at radius 1 is 1.08 bits per heavy atom. The maximum absolute atomic E-state index is 12.3. The van der Waals surface area contributed by atoms with E-state index < -0.39 is 10.0 Å². The fourth-order valence-electron chi connectivity index (χ4n) is 2.19. The van der Waals surface area contributed by atoms with Crippen LogP contribution in [0.15, 0.2) is 59.8 Å². The monoisotopic (exact) mass is 396 g/mol. The van der Waals surface area contributed by atoms with Crippen LogP contribution < -0.4 is 4.72 Å². The number of hydrogen-bond donors (Lipinski definition) is 1. The molecule has 3 aromatic rings. The van der Waals surface area contributed by atoms with Gasteiger partial charge in [-0.2, -0.15) is 5.10 Å². The molecule has 25 heavy (non-hydrogen) atoms. The van der Waals surface area contributed by atoms with Gasteiger partial charge in [0.15, 0.2) is 0 Å². The fourth-order valence-corrected chi connectivity index (χ4v) is 3.97. The number of aromatic nitrogens is 3. The zero-order valence-corrected chi connectivity index (χ0v) is 15.3. The van der Waals surface area contributed by atoms with Crippen molar-refractivity contribution in [3.05, 3.63) is 64.9 Å². The summed E-state index contributed by atoms with van der Waals surface area (Å²) in [5.74, 6) is 0. The second kappa shape index (κ2) is 7.53. The summed E-state index contributed by atoms with van der Waals surface area (Å²) in [6, 6.07) is 11.7. The predicted octanol–water partition coefficient (Wildman–Crippen LogP) is 3.23.